The molecule has 3 rings (SSSR count). The van der Waals surface area contributed by atoms with Gasteiger partial charge in [0.1, 0.15) is 18.6 Å². The smallest absolute Gasteiger partial charge is 0.130 e. The minimum atomic E-state index is 0.793. The van der Waals surface area contributed by atoms with Crippen LogP contribution in [0.1, 0.15) is 42.9 Å². The van der Waals surface area contributed by atoms with Crippen molar-refractivity contribution in [3.05, 3.63) is 53.1 Å². The summed E-state index contributed by atoms with van der Waals surface area (Å²) in [5.41, 5.74) is 5.00. The van der Waals surface area contributed by atoms with Gasteiger partial charge in [0, 0.05) is 13.1 Å². The molecule has 0 spiro atoms. The number of nitrogens with zero attached hydrogens (tertiary/aromatic N) is 3. The van der Waals surface area contributed by atoms with Gasteiger partial charge in [-0.1, -0.05) is 5.16 Å². The summed E-state index contributed by atoms with van der Waals surface area (Å²) >= 11 is 0. The van der Waals surface area contributed by atoms with Crippen LogP contribution in [-0.4, -0.2) is 37.1 Å². The fraction of sp³-hybridized carbons (Fsp3) is 0.391. The van der Waals surface area contributed by atoms with Crippen LogP contribution >= 0.6 is 0 Å². The molecule has 2 aromatic carbocycles. The zero-order valence-corrected chi connectivity index (χ0v) is 17.2. The molecule has 148 valence electrons. The van der Waals surface area contributed by atoms with Gasteiger partial charge in [0.05, 0.1) is 17.7 Å². The first kappa shape index (κ1) is 19.9. The van der Waals surface area contributed by atoms with Gasteiger partial charge in [-0.15, -0.1) is 0 Å². The van der Waals surface area contributed by atoms with Crippen LogP contribution in [0.15, 0.2) is 46.5 Å². The zero-order valence-electron chi connectivity index (χ0n) is 17.2. The van der Waals surface area contributed by atoms with E-state index in [2.05, 4.69) is 36.0 Å². The second kappa shape index (κ2) is 9.40. The largest absolute Gasteiger partial charge is 0.457 e. The number of hydrogen-bond acceptors (Lipinski definition) is 4. The number of likely N-dealkylation sites (tertiary alicyclic amines) is 1. The van der Waals surface area contributed by atoms with Crippen LogP contribution in [0.25, 0.3) is 0 Å². The molecule has 5 nitrogen and oxygen atoms in total. The topological polar surface area (TPSA) is 46.4 Å². The van der Waals surface area contributed by atoms with Crippen molar-refractivity contribution in [1.82, 2.24) is 4.90 Å². The molecule has 0 radical (unpaired) electrons. The third kappa shape index (κ3) is 5.12. The van der Waals surface area contributed by atoms with Crippen LogP contribution in [0.3, 0.4) is 0 Å². The Hall–Kier alpha value is -2.82. The van der Waals surface area contributed by atoms with E-state index in [1.54, 1.807) is 7.11 Å². The summed E-state index contributed by atoms with van der Waals surface area (Å²) < 4.78 is 6.10. The van der Waals surface area contributed by atoms with Gasteiger partial charge >= 0.3 is 0 Å². The second-order valence-corrected chi connectivity index (χ2v) is 7.23. The Labute approximate surface area is 167 Å². The Morgan fingerprint density at radius 1 is 1.00 bits per heavy atom. The first-order valence-corrected chi connectivity index (χ1v) is 9.82. The summed E-state index contributed by atoms with van der Waals surface area (Å²) in [6.07, 6.45) is 5.83. The Morgan fingerprint density at radius 3 is 2.39 bits per heavy atom. The third-order valence-corrected chi connectivity index (χ3v) is 4.97. The van der Waals surface area contributed by atoms with E-state index < -0.39 is 0 Å². The molecule has 1 heterocycles. The van der Waals surface area contributed by atoms with Crippen LogP contribution < -0.4 is 4.74 Å². The fourth-order valence-corrected chi connectivity index (χ4v) is 3.28. The molecule has 0 unspecified atom stereocenters. The average molecular weight is 380 g/mol. The highest BCUT2D eigenvalue weighted by Gasteiger charge is 2.09. The van der Waals surface area contributed by atoms with Crippen molar-refractivity contribution >= 4 is 17.7 Å². The summed E-state index contributed by atoms with van der Waals surface area (Å²) in [7, 11) is 1.55. The zero-order chi connectivity index (χ0) is 19.9. The lowest BCUT2D eigenvalue weighted by Crippen LogP contribution is -2.28. The maximum Gasteiger partial charge on any atom is 0.130 e. The van der Waals surface area contributed by atoms with Crippen molar-refractivity contribution < 1.29 is 9.57 Å². The molecule has 1 aliphatic heterocycles. The van der Waals surface area contributed by atoms with Crippen LogP contribution in [-0.2, 0) is 4.84 Å². The van der Waals surface area contributed by atoms with E-state index in [1.807, 2.05) is 37.5 Å². The number of hydrogen-bond donors (Lipinski definition) is 0. The minimum absolute atomic E-state index is 0.793. The molecular formula is C23H29N3O2. The predicted molar refractivity (Wildman–Crippen MR) is 115 cm³/mol. The summed E-state index contributed by atoms with van der Waals surface area (Å²) in [5, 5.41) is 3.95. The van der Waals surface area contributed by atoms with E-state index in [1.165, 1.54) is 19.3 Å². The molecule has 0 atom stereocenters. The SMILES string of the molecule is CON=C(C)c1ccc(Oc2cc(C)c(/N=C/N3CCCCC3)cc2C)cc1. The highest BCUT2D eigenvalue weighted by Crippen LogP contribution is 2.31. The van der Waals surface area contributed by atoms with Crippen molar-refractivity contribution in [3.8, 4) is 11.5 Å². The third-order valence-electron chi connectivity index (χ3n) is 4.97. The van der Waals surface area contributed by atoms with E-state index in [9.17, 15) is 0 Å². The highest BCUT2D eigenvalue weighted by atomic mass is 16.6. The van der Waals surface area contributed by atoms with Crippen LogP contribution in [0, 0.1) is 13.8 Å². The van der Waals surface area contributed by atoms with Gasteiger partial charge in [0.25, 0.3) is 0 Å². The lowest BCUT2D eigenvalue weighted by Gasteiger charge is -2.24. The molecule has 0 amide bonds. The Bertz CT molecular complexity index is 851. The predicted octanol–water partition coefficient (Wildman–Crippen LogP) is 5.61. The van der Waals surface area contributed by atoms with Crippen LogP contribution in [0.5, 0.6) is 11.5 Å². The number of piperidine rings is 1. The van der Waals surface area contributed by atoms with Gasteiger partial charge in [-0.2, -0.15) is 0 Å². The number of oxime groups is 1. The monoisotopic (exact) mass is 379 g/mol. The maximum atomic E-state index is 6.10. The Morgan fingerprint density at radius 2 is 1.71 bits per heavy atom. The number of benzene rings is 2. The van der Waals surface area contributed by atoms with Crippen LogP contribution in [0.4, 0.5) is 5.69 Å². The van der Waals surface area contributed by atoms with Gasteiger partial charge in [0.2, 0.25) is 0 Å². The molecule has 0 saturated carbocycles. The van der Waals surface area contributed by atoms with Gasteiger partial charge in [0.15, 0.2) is 0 Å². The van der Waals surface area contributed by atoms with E-state index in [0.717, 1.165) is 52.7 Å². The van der Waals surface area contributed by atoms with E-state index >= 15 is 0 Å². The molecule has 5 heteroatoms. The molecular weight excluding hydrogens is 350 g/mol. The Balaban J connectivity index is 1.72. The van der Waals surface area contributed by atoms with E-state index in [4.69, 9.17) is 14.6 Å². The number of aryl methyl sites for hydroxylation is 2. The van der Waals surface area contributed by atoms with Crippen molar-refractivity contribution in [2.24, 2.45) is 10.1 Å². The minimum Gasteiger partial charge on any atom is -0.457 e. The van der Waals surface area contributed by atoms with Crippen LogP contribution in [0.2, 0.25) is 0 Å². The highest BCUT2D eigenvalue weighted by molar-refractivity contribution is 5.98. The van der Waals surface area contributed by atoms with Gasteiger partial charge in [-0.05, 0) is 93.1 Å². The van der Waals surface area contributed by atoms with Gasteiger partial charge in [-0.25, -0.2) is 4.99 Å². The molecule has 1 saturated heterocycles. The van der Waals surface area contributed by atoms with Gasteiger partial charge in [-0.3, -0.25) is 0 Å². The molecule has 0 aromatic heterocycles. The molecule has 0 aliphatic carbocycles. The molecule has 1 fully saturated rings. The average Bonchev–Trinajstić information content (AvgIpc) is 2.71. The molecule has 0 bridgehead atoms. The standard InChI is InChI=1S/C23H29N3O2/c1-17-15-23(28-21-10-8-20(9-11-21)19(3)25-27-4)18(2)14-22(17)24-16-26-12-6-5-7-13-26/h8-11,14-16H,5-7,12-13H2,1-4H3/b24-16+,25-19?. The fourth-order valence-electron chi connectivity index (χ4n) is 3.28. The van der Waals surface area contributed by atoms with Crippen molar-refractivity contribution in [2.45, 2.75) is 40.0 Å². The number of ether oxygens (including phenoxy) is 1. The lowest BCUT2D eigenvalue weighted by molar-refractivity contribution is 0.213. The number of aliphatic imine (C=N–C) groups is 1. The quantitative estimate of drug-likeness (QED) is 0.372. The molecule has 28 heavy (non-hydrogen) atoms. The Kier molecular flexibility index (Phi) is 6.69. The summed E-state index contributed by atoms with van der Waals surface area (Å²) in [4.78, 5) is 11.8. The summed E-state index contributed by atoms with van der Waals surface area (Å²) in [5.74, 6) is 1.64. The number of rotatable bonds is 6. The van der Waals surface area contributed by atoms with Crippen molar-refractivity contribution in [2.75, 3.05) is 20.2 Å². The lowest BCUT2D eigenvalue weighted by atomic mass is 10.1. The summed E-state index contributed by atoms with van der Waals surface area (Å²) in [6, 6.07) is 12.0. The molecule has 0 N–H and O–H groups in total. The van der Waals surface area contributed by atoms with Gasteiger partial charge < -0.3 is 14.5 Å². The van der Waals surface area contributed by atoms with E-state index in [-0.39, 0.29) is 0 Å². The van der Waals surface area contributed by atoms with Crippen molar-refractivity contribution in [1.29, 1.82) is 0 Å². The maximum absolute atomic E-state index is 6.10. The molecule has 1 aliphatic rings. The normalized spacial score (nSPS) is 15.1. The first-order chi connectivity index (χ1) is 13.6. The first-order valence-electron chi connectivity index (χ1n) is 9.82. The molecule has 2 aromatic rings. The summed E-state index contributed by atoms with van der Waals surface area (Å²) in [6.45, 7) is 8.25. The van der Waals surface area contributed by atoms with Crippen molar-refractivity contribution in [3.63, 3.8) is 0 Å². The second-order valence-electron chi connectivity index (χ2n) is 7.23. The van der Waals surface area contributed by atoms with E-state index in [0.29, 0.717) is 0 Å².